The summed E-state index contributed by atoms with van der Waals surface area (Å²) in [5.41, 5.74) is 2.71. The number of para-hydroxylation sites is 1. The van der Waals surface area contributed by atoms with Gasteiger partial charge in [0.05, 0.1) is 24.3 Å². The molecular weight excluding hydrogens is 803 g/mol. The number of hydrogen-bond donors (Lipinski definition) is 3. The molecule has 0 bridgehead atoms. The molecule has 4 aromatic rings. The lowest BCUT2D eigenvalue weighted by Gasteiger charge is -2.30. The van der Waals surface area contributed by atoms with Gasteiger partial charge in [-0.2, -0.15) is 0 Å². The van der Waals surface area contributed by atoms with Crippen LogP contribution < -0.4 is 24.8 Å². The summed E-state index contributed by atoms with van der Waals surface area (Å²) in [4.78, 5) is 63.2. The maximum Gasteiger partial charge on any atom is 0.408 e. The number of benzene rings is 2. The van der Waals surface area contributed by atoms with E-state index in [0.717, 1.165) is 55.0 Å². The Balaban J connectivity index is 1.08. The molecule has 4 fully saturated rings. The first-order chi connectivity index (χ1) is 29.3. The molecule has 16 heteroatoms. The van der Waals surface area contributed by atoms with Crippen LogP contribution in [0.4, 0.5) is 4.79 Å². The van der Waals surface area contributed by atoms with Crippen LogP contribution >= 0.6 is 0 Å². The monoisotopic (exact) mass is 855 g/mol. The van der Waals surface area contributed by atoms with E-state index in [0.29, 0.717) is 71.2 Å². The van der Waals surface area contributed by atoms with E-state index in [1.54, 1.807) is 7.11 Å². The number of aryl methyl sites for hydroxylation is 2. The van der Waals surface area contributed by atoms with Crippen LogP contribution in [0.2, 0.25) is 0 Å². The number of nitrogens with one attached hydrogen (secondary N) is 3. The number of hydrogen-bond acceptors (Lipinski definition) is 11. The summed E-state index contributed by atoms with van der Waals surface area (Å²) >= 11 is 0. The highest BCUT2D eigenvalue weighted by Crippen LogP contribution is 2.47. The molecule has 3 N–H and O–H groups in total. The quantitative estimate of drug-likeness (QED) is 0.172. The Kier molecular flexibility index (Phi) is 10.9. The van der Waals surface area contributed by atoms with Crippen LogP contribution in [0.5, 0.6) is 11.5 Å². The second-order valence-electron chi connectivity index (χ2n) is 17.5. The molecule has 324 valence electrons. The van der Waals surface area contributed by atoms with Gasteiger partial charge in [0, 0.05) is 17.7 Å². The number of pyridine rings is 1. The highest BCUT2D eigenvalue weighted by Gasteiger charge is 2.62. The number of aromatic nitrogens is 1. The van der Waals surface area contributed by atoms with Gasteiger partial charge in [0.2, 0.25) is 21.8 Å². The van der Waals surface area contributed by atoms with Gasteiger partial charge in [0.25, 0.3) is 5.91 Å². The maximum atomic E-state index is 14.8. The second-order valence-corrected chi connectivity index (χ2v) is 19.5. The van der Waals surface area contributed by atoms with E-state index in [9.17, 15) is 27.6 Å². The molecule has 5 atom stereocenters. The fourth-order valence-corrected chi connectivity index (χ4v) is 10.7. The molecule has 2 aromatic heterocycles. The number of sulfonamides is 1. The van der Waals surface area contributed by atoms with Crippen molar-refractivity contribution < 1.29 is 46.2 Å². The van der Waals surface area contributed by atoms with Crippen LogP contribution in [-0.4, -0.2) is 90.9 Å². The molecule has 0 spiro atoms. The number of fused-ring (bicyclic) bond motifs is 6. The molecule has 4 heterocycles. The number of ether oxygens (including phenoxy) is 3. The topological polar surface area (TPSA) is 195 Å². The minimum Gasteiger partial charge on any atom is -0.494 e. The van der Waals surface area contributed by atoms with E-state index in [1.807, 2.05) is 56.3 Å². The number of alkyl carbamates (subject to hydrolysis) is 1. The van der Waals surface area contributed by atoms with Crippen LogP contribution in [0.25, 0.3) is 33.0 Å². The third-order valence-corrected chi connectivity index (χ3v) is 15.0. The van der Waals surface area contributed by atoms with E-state index in [2.05, 4.69) is 15.4 Å². The van der Waals surface area contributed by atoms with E-state index >= 15 is 0 Å². The Hall–Kier alpha value is -5.38. The van der Waals surface area contributed by atoms with Gasteiger partial charge in [-0.05, 0) is 113 Å². The number of nitrogens with zero attached hydrogens (tertiary/aromatic N) is 2. The average molecular weight is 856 g/mol. The highest BCUT2D eigenvalue weighted by molar-refractivity contribution is 7.91. The Morgan fingerprint density at radius 2 is 1.72 bits per heavy atom. The number of furan rings is 1. The van der Waals surface area contributed by atoms with Gasteiger partial charge < -0.3 is 34.2 Å². The lowest BCUT2D eigenvalue weighted by Crippen LogP contribution is -2.58. The van der Waals surface area contributed by atoms with Gasteiger partial charge >= 0.3 is 6.09 Å². The largest absolute Gasteiger partial charge is 0.494 e. The van der Waals surface area contributed by atoms with Crippen molar-refractivity contribution in [1.82, 2.24) is 25.2 Å². The summed E-state index contributed by atoms with van der Waals surface area (Å²) in [6.07, 6.45) is 9.97. The van der Waals surface area contributed by atoms with Crippen molar-refractivity contribution in [3.63, 3.8) is 0 Å². The highest BCUT2D eigenvalue weighted by atomic mass is 32.2. The number of carbonyl (C=O) groups is 4. The molecule has 2 aliphatic heterocycles. The number of allylic oxidation sites excluding steroid dienone is 1. The molecule has 9 rings (SSSR count). The van der Waals surface area contributed by atoms with Crippen molar-refractivity contribution in [3.05, 3.63) is 53.6 Å². The summed E-state index contributed by atoms with van der Waals surface area (Å²) < 4.78 is 53.1. The summed E-state index contributed by atoms with van der Waals surface area (Å²) in [6, 6.07) is 7.32. The zero-order chi connectivity index (χ0) is 42.6. The predicted octanol–water partition coefficient (Wildman–Crippen LogP) is 6.15. The predicted molar refractivity (Wildman–Crippen MR) is 227 cm³/mol. The summed E-state index contributed by atoms with van der Waals surface area (Å²) in [6.45, 7) is 3.98. The van der Waals surface area contributed by atoms with E-state index in [4.69, 9.17) is 23.6 Å². The molecule has 0 radical (unpaired) electrons. The fraction of sp³-hybridized carbons (Fsp3) is 0.533. The molecule has 4 amide bonds. The normalized spacial score (nSPS) is 26.8. The average Bonchev–Trinajstić information content (AvgIpc) is 4.05. The molecular formula is C45H53N5O10S. The van der Waals surface area contributed by atoms with Gasteiger partial charge in [0.15, 0.2) is 11.3 Å². The lowest BCUT2D eigenvalue weighted by molar-refractivity contribution is -0.141. The third-order valence-electron chi connectivity index (χ3n) is 13.2. The molecule has 2 aromatic carbocycles. The van der Waals surface area contributed by atoms with Crippen LogP contribution in [0.15, 0.2) is 46.9 Å². The van der Waals surface area contributed by atoms with Gasteiger partial charge in [-0.1, -0.05) is 31.1 Å². The minimum atomic E-state index is -3.92. The fourth-order valence-electron chi connectivity index (χ4n) is 9.29. The molecule has 15 nitrogen and oxygen atoms in total. The number of carbonyl (C=O) groups excluding carboxylic acids is 4. The summed E-state index contributed by atoms with van der Waals surface area (Å²) in [7, 11) is -2.35. The molecule has 3 aliphatic carbocycles. The second kappa shape index (κ2) is 16.1. The first kappa shape index (κ1) is 41.0. The number of amides is 4. The first-order valence-electron chi connectivity index (χ1n) is 21.6. The Morgan fingerprint density at radius 3 is 2.49 bits per heavy atom. The van der Waals surface area contributed by atoms with Crippen LogP contribution in [-0.2, 0) is 29.1 Å². The van der Waals surface area contributed by atoms with Gasteiger partial charge in [-0.15, -0.1) is 0 Å². The van der Waals surface area contributed by atoms with Crippen molar-refractivity contribution in [2.75, 3.05) is 13.7 Å². The SMILES string of the molecule is COc1cccc2c(O[C@@H]3C[C@H]4C(=O)N[C@]5(C(=O)NS(=O)(=O)C6CC6)C[C@H]5/C=C\CCCCC[C@H](NC(=O)OC5CCCC5)C(=O)N4C3)c3oc4cc(C)c(C)cc4c3nc12. The molecule has 3 saturated carbocycles. The zero-order valence-electron chi connectivity index (χ0n) is 34.8. The summed E-state index contributed by atoms with van der Waals surface area (Å²) in [5.74, 6) is -1.45. The van der Waals surface area contributed by atoms with Crippen LogP contribution in [0.3, 0.4) is 0 Å². The zero-order valence-corrected chi connectivity index (χ0v) is 35.6. The van der Waals surface area contributed by atoms with Gasteiger partial charge in [-0.3, -0.25) is 19.1 Å². The first-order valence-corrected chi connectivity index (χ1v) is 23.2. The molecule has 61 heavy (non-hydrogen) atoms. The Bertz CT molecular complexity index is 2560. The van der Waals surface area contributed by atoms with E-state index in [1.165, 1.54) is 4.90 Å². The standard InChI is InChI=1S/C45H53N5O10S/c1-25-20-32-36(21-26(25)2)60-40-38(32)47-37-31(15-11-17-35(37)57-3)39(40)58-29-22-34-41(51)48-45(43(53)49-61(55,56)30-18-19-30)23-27(45)12-7-5-4-6-8-16-33(42(52)50(34)24-29)46-44(54)59-28-13-9-10-14-28/h7,11-12,15,17,20-21,27-30,33-34H,4-6,8-10,13-14,16,18-19,22-24H2,1-3H3,(H,46,54)(H,48,51)(H,49,53)/b12-7-/t27-,29-,33+,34+,45-/m1/s1. The Labute approximate surface area is 354 Å². The number of methoxy groups -OCH3 is 1. The number of rotatable bonds is 8. The van der Waals surface area contributed by atoms with Gasteiger partial charge in [0.1, 0.15) is 52.2 Å². The van der Waals surface area contributed by atoms with Gasteiger partial charge in [-0.25, -0.2) is 18.2 Å². The van der Waals surface area contributed by atoms with Crippen molar-refractivity contribution >= 4 is 66.8 Å². The molecule has 5 aliphatic rings. The van der Waals surface area contributed by atoms with Crippen LogP contribution in [0.1, 0.15) is 94.6 Å². The van der Waals surface area contributed by atoms with E-state index in [-0.39, 0.29) is 25.5 Å². The minimum absolute atomic E-state index is 0.0170. The van der Waals surface area contributed by atoms with Crippen LogP contribution in [0, 0.1) is 19.8 Å². The van der Waals surface area contributed by atoms with Crippen molar-refractivity contribution in [2.24, 2.45) is 5.92 Å². The van der Waals surface area contributed by atoms with Crippen molar-refractivity contribution in [1.29, 1.82) is 0 Å². The molecule has 1 saturated heterocycles. The third kappa shape index (κ3) is 7.99. The Morgan fingerprint density at radius 1 is 0.951 bits per heavy atom. The van der Waals surface area contributed by atoms with Crippen molar-refractivity contribution in [3.8, 4) is 11.5 Å². The maximum absolute atomic E-state index is 14.8. The lowest BCUT2D eigenvalue weighted by atomic mass is 10.0. The molecule has 0 unspecified atom stereocenters. The smallest absolute Gasteiger partial charge is 0.408 e. The summed E-state index contributed by atoms with van der Waals surface area (Å²) in [5, 5.41) is 6.53. The van der Waals surface area contributed by atoms with Crippen molar-refractivity contribution in [2.45, 2.75) is 132 Å². The van der Waals surface area contributed by atoms with E-state index < -0.39 is 68.7 Å².